The highest BCUT2D eigenvalue weighted by Crippen LogP contribution is 2.29. The highest BCUT2D eigenvalue weighted by molar-refractivity contribution is 6.35. The monoisotopic (exact) mass is 265 g/mol. The lowest BCUT2D eigenvalue weighted by molar-refractivity contribution is -0.141. The van der Waals surface area contributed by atoms with Gasteiger partial charge in [0.1, 0.15) is 6.04 Å². The molecule has 1 aromatic heterocycles. The molecule has 0 saturated carbocycles. The van der Waals surface area contributed by atoms with Gasteiger partial charge in [-0.05, 0) is 18.6 Å². The molecule has 0 bridgehead atoms. The van der Waals surface area contributed by atoms with Crippen LogP contribution in [0, 0.1) is 0 Å². The SMILES string of the molecule is CCCCC(C(=O)O)n1ccc2cccc(Cl)c21. The Bertz CT molecular complexity index is 562. The van der Waals surface area contributed by atoms with Gasteiger partial charge >= 0.3 is 5.97 Å². The van der Waals surface area contributed by atoms with E-state index in [2.05, 4.69) is 6.92 Å². The fraction of sp³-hybridized carbons (Fsp3) is 0.357. The lowest BCUT2D eigenvalue weighted by atomic mass is 10.1. The van der Waals surface area contributed by atoms with Crippen molar-refractivity contribution >= 4 is 28.5 Å². The first-order chi connectivity index (χ1) is 8.65. The van der Waals surface area contributed by atoms with E-state index in [0.29, 0.717) is 11.4 Å². The summed E-state index contributed by atoms with van der Waals surface area (Å²) in [6.07, 6.45) is 4.31. The first kappa shape index (κ1) is 13.0. The molecule has 2 aromatic rings. The van der Waals surface area contributed by atoms with E-state index < -0.39 is 12.0 Å². The molecule has 1 N–H and O–H groups in total. The van der Waals surface area contributed by atoms with Crippen molar-refractivity contribution in [3.8, 4) is 0 Å². The van der Waals surface area contributed by atoms with E-state index in [9.17, 15) is 9.90 Å². The number of fused-ring (bicyclic) bond motifs is 1. The fourth-order valence-corrected chi connectivity index (χ4v) is 2.49. The van der Waals surface area contributed by atoms with Crippen LogP contribution in [-0.2, 0) is 4.79 Å². The summed E-state index contributed by atoms with van der Waals surface area (Å²) in [5.41, 5.74) is 0.808. The first-order valence-corrected chi connectivity index (χ1v) is 6.50. The summed E-state index contributed by atoms with van der Waals surface area (Å²) in [4.78, 5) is 11.4. The fourth-order valence-electron chi connectivity index (χ4n) is 2.21. The van der Waals surface area contributed by atoms with Gasteiger partial charge in [-0.1, -0.05) is 43.5 Å². The Balaban J connectivity index is 2.47. The minimum absolute atomic E-state index is 0.539. The molecule has 1 atom stereocenters. The Hall–Kier alpha value is -1.48. The first-order valence-electron chi connectivity index (χ1n) is 6.13. The van der Waals surface area contributed by atoms with Crippen molar-refractivity contribution in [1.29, 1.82) is 0 Å². The lowest BCUT2D eigenvalue weighted by Gasteiger charge is -2.16. The van der Waals surface area contributed by atoms with Gasteiger partial charge in [-0.2, -0.15) is 0 Å². The Labute approximate surface area is 111 Å². The summed E-state index contributed by atoms with van der Waals surface area (Å²) in [6, 6.07) is 6.97. The van der Waals surface area contributed by atoms with Gasteiger partial charge in [-0.25, -0.2) is 4.79 Å². The normalized spacial score (nSPS) is 12.8. The molecule has 2 rings (SSSR count). The van der Waals surface area contributed by atoms with Crippen LogP contribution in [0.25, 0.3) is 10.9 Å². The van der Waals surface area contributed by atoms with Crippen molar-refractivity contribution < 1.29 is 9.90 Å². The maximum atomic E-state index is 11.4. The smallest absolute Gasteiger partial charge is 0.326 e. The second kappa shape index (κ2) is 5.44. The van der Waals surface area contributed by atoms with Crippen molar-refractivity contribution in [2.24, 2.45) is 0 Å². The Morgan fingerprint density at radius 2 is 2.22 bits per heavy atom. The Kier molecular flexibility index (Phi) is 3.92. The average Bonchev–Trinajstić information content (AvgIpc) is 2.75. The molecule has 0 fully saturated rings. The number of hydrogen-bond donors (Lipinski definition) is 1. The number of carboxylic acid groups (broad SMARTS) is 1. The summed E-state index contributed by atoms with van der Waals surface area (Å²) >= 11 is 6.17. The molecule has 3 nitrogen and oxygen atoms in total. The number of para-hydroxylation sites is 1. The van der Waals surface area contributed by atoms with Crippen LogP contribution in [0.3, 0.4) is 0 Å². The number of carboxylic acids is 1. The molecule has 1 aromatic carbocycles. The third kappa shape index (κ3) is 2.36. The maximum absolute atomic E-state index is 11.4. The molecule has 4 heteroatoms. The summed E-state index contributed by atoms with van der Waals surface area (Å²) in [7, 11) is 0. The molecule has 18 heavy (non-hydrogen) atoms. The van der Waals surface area contributed by atoms with Gasteiger partial charge in [0, 0.05) is 11.6 Å². The van der Waals surface area contributed by atoms with E-state index in [4.69, 9.17) is 11.6 Å². The zero-order chi connectivity index (χ0) is 13.1. The molecule has 0 radical (unpaired) electrons. The van der Waals surface area contributed by atoms with Gasteiger partial charge in [0.2, 0.25) is 0 Å². The maximum Gasteiger partial charge on any atom is 0.326 e. The van der Waals surface area contributed by atoms with E-state index in [1.54, 1.807) is 10.6 Å². The molecule has 1 heterocycles. The van der Waals surface area contributed by atoms with Crippen molar-refractivity contribution in [3.63, 3.8) is 0 Å². The zero-order valence-electron chi connectivity index (χ0n) is 10.3. The minimum atomic E-state index is -0.805. The zero-order valence-corrected chi connectivity index (χ0v) is 11.0. The van der Waals surface area contributed by atoms with Crippen LogP contribution >= 0.6 is 11.6 Å². The van der Waals surface area contributed by atoms with E-state index in [1.165, 1.54) is 0 Å². The molecule has 0 spiro atoms. The minimum Gasteiger partial charge on any atom is -0.480 e. The predicted molar refractivity (Wildman–Crippen MR) is 73.1 cm³/mol. The molecule has 0 amide bonds. The molecule has 0 saturated heterocycles. The highest BCUT2D eigenvalue weighted by Gasteiger charge is 2.21. The molecular weight excluding hydrogens is 250 g/mol. The Morgan fingerprint density at radius 3 is 2.89 bits per heavy atom. The van der Waals surface area contributed by atoms with Gasteiger partial charge in [0.15, 0.2) is 0 Å². The van der Waals surface area contributed by atoms with Crippen LogP contribution in [0.2, 0.25) is 5.02 Å². The van der Waals surface area contributed by atoms with E-state index in [1.807, 2.05) is 24.4 Å². The van der Waals surface area contributed by atoms with Crippen molar-refractivity contribution in [3.05, 3.63) is 35.5 Å². The van der Waals surface area contributed by atoms with E-state index >= 15 is 0 Å². The number of rotatable bonds is 5. The topological polar surface area (TPSA) is 42.2 Å². The predicted octanol–water partition coefficient (Wildman–Crippen LogP) is 4.11. The van der Waals surface area contributed by atoms with Gasteiger partial charge in [0.25, 0.3) is 0 Å². The molecule has 0 aliphatic rings. The van der Waals surface area contributed by atoms with Gasteiger partial charge in [-0.15, -0.1) is 0 Å². The second-order valence-corrected chi connectivity index (χ2v) is 4.80. The summed E-state index contributed by atoms with van der Waals surface area (Å²) in [5.74, 6) is -0.805. The number of unbranched alkanes of at least 4 members (excludes halogenated alkanes) is 1. The van der Waals surface area contributed by atoms with Crippen LogP contribution in [0.15, 0.2) is 30.5 Å². The third-order valence-electron chi connectivity index (χ3n) is 3.14. The summed E-state index contributed by atoms with van der Waals surface area (Å²) in [5, 5.41) is 10.9. The molecule has 1 unspecified atom stereocenters. The second-order valence-electron chi connectivity index (χ2n) is 4.40. The van der Waals surface area contributed by atoms with Crippen LogP contribution in [0.5, 0.6) is 0 Å². The number of carbonyl (C=O) groups is 1. The summed E-state index contributed by atoms with van der Waals surface area (Å²) < 4.78 is 1.77. The van der Waals surface area contributed by atoms with Crippen molar-refractivity contribution in [2.75, 3.05) is 0 Å². The van der Waals surface area contributed by atoms with E-state index in [-0.39, 0.29) is 0 Å². The van der Waals surface area contributed by atoms with Crippen molar-refractivity contribution in [1.82, 2.24) is 4.57 Å². The molecule has 0 aliphatic heterocycles. The quantitative estimate of drug-likeness (QED) is 0.884. The molecular formula is C14H16ClNO2. The van der Waals surface area contributed by atoms with Crippen LogP contribution < -0.4 is 0 Å². The number of halogens is 1. The standard InChI is InChI=1S/C14H16ClNO2/c1-2-3-7-12(14(17)18)16-9-8-10-5-4-6-11(15)13(10)16/h4-6,8-9,12H,2-3,7H2,1H3,(H,17,18). The number of nitrogens with zero attached hydrogens (tertiary/aromatic N) is 1. The van der Waals surface area contributed by atoms with Crippen LogP contribution in [0.1, 0.15) is 32.2 Å². The number of aliphatic carboxylic acids is 1. The van der Waals surface area contributed by atoms with Gasteiger partial charge in [-0.3, -0.25) is 0 Å². The Morgan fingerprint density at radius 1 is 1.44 bits per heavy atom. The van der Waals surface area contributed by atoms with Crippen LogP contribution in [-0.4, -0.2) is 15.6 Å². The van der Waals surface area contributed by atoms with Crippen molar-refractivity contribution in [2.45, 2.75) is 32.2 Å². The van der Waals surface area contributed by atoms with Gasteiger partial charge < -0.3 is 9.67 Å². The largest absolute Gasteiger partial charge is 0.480 e. The lowest BCUT2D eigenvalue weighted by Crippen LogP contribution is -2.18. The number of hydrogen-bond acceptors (Lipinski definition) is 1. The van der Waals surface area contributed by atoms with Crippen LogP contribution in [0.4, 0.5) is 0 Å². The van der Waals surface area contributed by atoms with Gasteiger partial charge in [0.05, 0.1) is 10.5 Å². The highest BCUT2D eigenvalue weighted by atomic mass is 35.5. The summed E-state index contributed by atoms with van der Waals surface area (Å²) in [6.45, 7) is 2.06. The number of benzene rings is 1. The average molecular weight is 266 g/mol. The molecule has 96 valence electrons. The third-order valence-corrected chi connectivity index (χ3v) is 3.45. The molecule has 0 aliphatic carbocycles. The van der Waals surface area contributed by atoms with E-state index in [0.717, 1.165) is 23.7 Å². The number of aromatic nitrogens is 1.